The first-order valence-electron chi connectivity index (χ1n) is 7.53. The van der Waals surface area contributed by atoms with Crippen molar-refractivity contribution in [3.8, 4) is 5.75 Å². The maximum atomic E-state index is 12.9. The summed E-state index contributed by atoms with van der Waals surface area (Å²) in [5.74, 6) is -0.215. The van der Waals surface area contributed by atoms with Gasteiger partial charge in [0.05, 0.1) is 21.8 Å². The van der Waals surface area contributed by atoms with Gasteiger partial charge in [-0.3, -0.25) is 4.79 Å². The first-order chi connectivity index (χ1) is 12.2. The summed E-state index contributed by atoms with van der Waals surface area (Å²) in [5.41, 5.74) is 0.222. The predicted molar refractivity (Wildman–Crippen MR) is 89.9 cm³/mol. The maximum absolute atomic E-state index is 12.9. The molecule has 0 aliphatic heterocycles. The average Bonchev–Trinajstić information content (AvgIpc) is 3.28. The Hall–Kier alpha value is -1.52. The van der Waals surface area contributed by atoms with Crippen LogP contribution in [0.2, 0.25) is 0 Å². The van der Waals surface area contributed by atoms with Crippen LogP contribution < -0.4 is 4.74 Å². The van der Waals surface area contributed by atoms with Gasteiger partial charge in [0.1, 0.15) is 6.26 Å². The summed E-state index contributed by atoms with van der Waals surface area (Å²) in [5, 5.41) is 3.65. The third kappa shape index (κ3) is 4.07. The maximum Gasteiger partial charge on any atom is 0.422 e. The van der Waals surface area contributed by atoms with Crippen LogP contribution in [-0.2, 0) is 11.2 Å². The highest BCUT2D eigenvalue weighted by Crippen LogP contribution is 2.43. The van der Waals surface area contributed by atoms with Gasteiger partial charge in [-0.2, -0.15) is 13.2 Å². The fourth-order valence-corrected chi connectivity index (χ4v) is 3.97. The molecule has 1 aliphatic carbocycles. The van der Waals surface area contributed by atoms with E-state index in [-0.39, 0.29) is 32.2 Å². The van der Waals surface area contributed by atoms with E-state index in [4.69, 9.17) is 9.26 Å². The molecule has 0 amide bonds. The van der Waals surface area contributed by atoms with Crippen LogP contribution in [0.15, 0.2) is 32.2 Å². The van der Waals surface area contributed by atoms with Gasteiger partial charge in [-0.15, -0.1) is 0 Å². The second-order valence-electron chi connectivity index (χ2n) is 5.82. The Kier molecular flexibility index (Phi) is 5.36. The fraction of sp³-hybridized carbons (Fsp3) is 0.375. The van der Waals surface area contributed by atoms with E-state index in [9.17, 15) is 22.5 Å². The molecule has 0 bridgehead atoms. The average molecular weight is 452 g/mol. The number of carbonyl (C=O) groups excluding carboxylic acids is 1. The minimum absolute atomic E-state index is 0.00342. The van der Waals surface area contributed by atoms with Crippen molar-refractivity contribution >= 4 is 32.9 Å². The van der Waals surface area contributed by atoms with E-state index in [0.29, 0.717) is 5.76 Å². The second-order valence-corrected chi connectivity index (χ2v) is 7.99. The van der Waals surface area contributed by atoms with Crippen molar-refractivity contribution in [2.75, 3.05) is 12.9 Å². The Morgan fingerprint density at radius 2 is 2.12 bits per heavy atom. The molecule has 1 fully saturated rings. The van der Waals surface area contributed by atoms with Crippen molar-refractivity contribution in [2.24, 2.45) is 0 Å². The zero-order valence-corrected chi connectivity index (χ0v) is 15.8. The number of halogens is 4. The number of aromatic nitrogens is 1. The van der Waals surface area contributed by atoms with Crippen molar-refractivity contribution in [3.63, 3.8) is 0 Å². The lowest BCUT2D eigenvalue weighted by molar-refractivity contribution is -0.153. The minimum Gasteiger partial charge on any atom is -0.612 e. The normalized spacial score (nSPS) is 15.8. The van der Waals surface area contributed by atoms with E-state index in [1.54, 1.807) is 0 Å². The van der Waals surface area contributed by atoms with Gasteiger partial charge >= 0.3 is 6.18 Å². The Labute approximate surface area is 158 Å². The molecule has 0 radical (unpaired) electrons. The number of carbonyl (C=O) groups is 1. The van der Waals surface area contributed by atoms with E-state index in [2.05, 4.69) is 21.1 Å². The molecule has 3 rings (SSSR count). The number of ketones is 1. The van der Waals surface area contributed by atoms with Gasteiger partial charge in [-0.1, -0.05) is 5.16 Å². The number of ether oxygens (including phenoxy) is 1. The first-order valence-corrected chi connectivity index (χ1v) is 9.89. The van der Waals surface area contributed by atoms with Crippen molar-refractivity contribution in [1.29, 1.82) is 0 Å². The number of rotatable bonds is 6. The Morgan fingerprint density at radius 3 is 2.69 bits per heavy atom. The van der Waals surface area contributed by atoms with Crippen LogP contribution in [0, 0.1) is 0 Å². The van der Waals surface area contributed by atoms with Crippen molar-refractivity contribution < 1.29 is 31.8 Å². The molecule has 1 aliphatic rings. The summed E-state index contributed by atoms with van der Waals surface area (Å²) in [4.78, 5) is 12.8. The van der Waals surface area contributed by atoms with E-state index in [1.165, 1.54) is 24.6 Å². The molecule has 0 N–H and O–H groups in total. The van der Waals surface area contributed by atoms with Gasteiger partial charge in [-0.25, -0.2) is 0 Å². The largest absolute Gasteiger partial charge is 0.612 e. The van der Waals surface area contributed by atoms with E-state index in [1.807, 2.05) is 0 Å². The Balaban J connectivity index is 2.03. The monoisotopic (exact) mass is 451 g/mol. The highest BCUT2D eigenvalue weighted by Gasteiger charge is 2.36. The van der Waals surface area contributed by atoms with Crippen LogP contribution in [0.25, 0.3) is 0 Å². The third-order valence-electron chi connectivity index (χ3n) is 3.77. The molecule has 140 valence electrons. The van der Waals surface area contributed by atoms with Crippen LogP contribution in [0.4, 0.5) is 13.2 Å². The van der Waals surface area contributed by atoms with Crippen molar-refractivity contribution in [1.82, 2.24) is 5.16 Å². The Bertz CT molecular complexity index is 833. The smallest absolute Gasteiger partial charge is 0.422 e. The van der Waals surface area contributed by atoms with Crippen LogP contribution in [-0.4, -0.2) is 34.5 Å². The lowest BCUT2D eigenvalue weighted by Gasteiger charge is -2.17. The summed E-state index contributed by atoms with van der Waals surface area (Å²) in [7, 11) is 0. The minimum atomic E-state index is -4.57. The van der Waals surface area contributed by atoms with Crippen LogP contribution in [0.5, 0.6) is 5.75 Å². The fourth-order valence-electron chi connectivity index (χ4n) is 2.50. The topological polar surface area (TPSA) is 75.4 Å². The molecule has 1 atom stereocenters. The molecular formula is C16H13BrF3NO4S. The number of alkyl halides is 3. The number of hydrogen-bond acceptors (Lipinski definition) is 5. The van der Waals surface area contributed by atoms with Crippen molar-refractivity contribution in [3.05, 3.63) is 39.7 Å². The standard InChI is InChI=1S/C16H13BrF3NO4S/c1-26(23)15-9(4-5-11(17)14(15)24-7-16(18,19)20)12(22)10-6-21-25-13(10)8-2-3-8/h4-6,8H,2-3,7H2,1H3. The number of nitrogens with zero attached hydrogens (tertiary/aromatic N) is 1. The molecule has 2 aromatic rings. The van der Waals surface area contributed by atoms with Crippen molar-refractivity contribution in [2.45, 2.75) is 29.8 Å². The summed E-state index contributed by atoms with van der Waals surface area (Å²) in [6.45, 7) is -1.56. The third-order valence-corrected chi connectivity index (χ3v) is 5.37. The lowest BCUT2D eigenvalue weighted by atomic mass is 10.0. The highest BCUT2D eigenvalue weighted by molar-refractivity contribution is 9.10. The quantitative estimate of drug-likeness (QED) is 0.485. The predicted octanol–water partition coefficient (Wildman–Crippen LogP) is 4.22. The molecular weight excluding hydrogens is 439 g/mol. The summed E-state index contributed by atoms with van der Waals surface area (Å²) in [6, 6.07) is 2.78. The molecule has 10 heteroatoms. The second kappa shape index (κ2) is 7.24. The molecule has 0 spiro atoms. The zero-order valence-electron chi connectivity index (χ0n) is 13.4. The molecule has 1 unspecified atom stereocenters. The number of hydrogen-bond donors (Lipinski definition) is 0. The molecule has 1 saturated carbocycles. The molecule has 0 saturated heterocycles. The summed E-state index contributed by atoms with van der Waals surface area (Å²) < 4.78 is 60.0. The number of benzene rings is 1. The highest BCUT2D eigenvalue weighted by atomic mass is 79.9. The first kappa shape index (κ1) is 19.2. The van der Waals surface area contributed by atoms with Crippen LogP contribution in [0.1, 0.15) is 40.4 Å². The van der Waals surface area contributed by atoms with Gasteiger partial charge in [0.2, 0.25) is 10.7 Å². The summed E-state index contributed by atoms with van der Waals surface area (Å²) >= 11 is 1.33. The molecule has 5 nitrogen and oxygen atoms in total. The summed E-state index contributed by atoms with van der Waals surface area (Å²) in [6.07, 6.45) is -0.269. The Morgan fingerprint density at radius 1 is 1.42 bits per heavy atom. The van der Waals surface area contributed by atoms with Gasteiger partial charge in [0.25, 0.3) is 0 Å². The van der Waals surface area contributed by atoms with Gasteiger partial charge in [-0.05, 0) is 52.1 Å². The SMILES string of the molecule is C[S+]([O-])c1c(C(=O)c2cnoc2C2CC2)ccc(Br)c1OCC(F)(F)F. The molecule has 1 aromatic carbocycles. The van der Waals surface area contributed by atoms with E-state index in [0.717, 1.165) is 12.8 Å². The van der Waals surface area contributed by atoms with E-state index < -0.39 is 29.7 Å². The van der Waals surface area contributed by atoms with Gasteiger partial charge < -0.3 is 13.8 Å². The van der Waals surface area contributed by atoms with Gasteiger partial charge in [0.15, 0.2) is 18.1 Å². The lowest BCUT2D eigenvalue weighted by Crippen LogP contribution is -2.21. The zero-order chi connectivity index (χ0) is 19.1. The van der Waals surface area contributed by atoms with Gasteiger partial charge in [0, 0.05) is 5.92 Å². The molecule has 26 heavy (non-hydrogen) atoms. The van der Waals surface area contributed by atoms with E-state index >= 15 is 0 Å². The van der Waals surface area contributed by atoms with Crippen LogP contribution in [0.3, 0.4) is 0 Å². The molecule has 1 aromatic heterocycles. The van der Waals surface area contributed by atoms with Crippen LogP contribution >= 0.6 is 15.9 Å². The molecule has 1 heterocycles.